The summed E-state index contributed by atoms with van der Waals surface area (Å²) in [5.41, 5.74) is 1.17. The van der Waals surface area contributed by atoms with Gasteiger partial charge >= 0.3 is 0 Å². The second-order valence-electron chi connectivity index (χ2n) is 6.14. The lowest BCUT2D eigenvalue weighted by Crippen LogP contribution is -2.25. The third kappa shape index (κ3) is 3.39. The maximum Gasteiger partial charge on any atom is 0.262 e. The minimum Gasteiger partial charge on any atom is -0.506 e. The molecule has 0 saturated heterocycles. The molecule has 1 aliphatic rings. The highest BCUT2D eigenvalue weighted by Gasteiger charge is 2.32. The Bertz CT molecular complexity index is 740. The van der Waals surface area contributed by atoms with Crippen LogP contribution in [0.2, 0.25) is 0 Å². The van der Waals surface area contributed by atoms with Gasteiger partial charge in [-0.25, -0.2) is 0 Å². The lowest BCUT2D eigenvalue weighted by atomic mass is 10.0. The van der Waals surface area contributed by atoms with Crippen LogP contribution in [0.4, 0.5) is 5.69 Å². The Morgan fingerprint density at radius 1 is 1.26 bits per heavy atom. The highest BCUT2D eigenvalue weighted by Crippen LogP contribution is 2.41. The van der Waals surface area contributed by atoms with Crippen LogP contribution >= 0.6 is 0 Å². The summed E-state index contributed by atoms with van der Waals surface area (Å²) in [6, 6.07) is 12.2. The van der Waals surface area contributed by atoms with E-state index in [0.29, 0.717) is 17.2 Å². The molecule has 0 aromatic heterocycles. The molecule has 0 saturated carbocycles. The fourth-order valence-electron chi connectivity index (χ4n) is 2.61. The summed E-state index contributed by atoms with van der Waals surface area (Å²) in [6.45, 7) is 3.87. The van der Waals surface area contributed by atoms with Crippen molar-refractivity contribution in [3.05, 3.63) is 48.0 Å². The molecule has 23 heavy (non-hydrogen) atoms. The van der Waals surface area contributed by atoms with E-state index < -0.39 is 0 Å². The van der Waals surface area contributed by atoms with E-state index in [2.05, 4.69) is 5.32 Å². The van der Waals surface area contributed by atoms with Crippen molar-refractivity contribution in [2.75, 3.05) is 11.9 Å². The average Bonchev–Trinajstić information content (AvgIpc) is 2.82. The van der Waals surface area contributed by atoms with Crippen molar-refractivity contribution >= 4 is 11.6 Å². The molecular weight excluding hydrogens is 294 g/mol. The molecule has 2 aromatic rings. The number of amides is 1. The molecule has 0 atom stereocenters. The highest BCUT2D eigenvalue weighted by molar-refractivity contribution is 5.93. The molecule has 1 amide bonds. The monoisotopic (exact) mass is 313 g/mol. The van der Waals surface area contributed by atoms with Crippen LogP contribution in [-0.2, 0) is 11.2 Å². The number of fused-ring (bicyclic) bond motifs is 1. The van der Waals surface area contributed by atoms with Crippen molar-refractivity contribution in [3.63, 3.8) is 0 Å². The predicted octanol–water partition coefficient (Wildman–Crippen LogP) is 3.12. The summed E-state index contributed by atoms with van der Waals surface area (Å²) < 4.78 is 11.5. The van der Waals surface area contributed by atoms with Crippen LogP contribution in [0.1, 0.15) is 19.4 Å². The topological polar surface area (TPSA) is 67.8 Å². The molecule has 0 spiro atoms. The number of rotatable bonds is 4. The summed E-state index contributed by atoms with van der Waals surface area (Å²) in [6.07, 6.45) is 0.809. The number of benzene rings is 2. The summed E-state index contributed by atoms with van der Waals surface area (Å²) in [5.74, 6) is 0.932. The number of ether oxygens (including phenoxy) is 2. The van der Waals surface area contributed by atoms with E-state index in [1.165, 1.54) is 6.07 Å². The minimum atomic E-state index is -0.346. The van der Waals surface area contributed by atoms with Crippen molar-refractivity contribution in [3.8, 4) is 17.2 Å². The second-order valence-corrected chi connectivity index (χ2v) is 6.14. The maximum atomic E-state index is 12.0. The molecule has 0 unspecified atom stereocenters. The SMILES string of the molecule is CC1(C)Cc2cccc(OCC(=O)Nc3ccccc3O)c2O1. The Morgan fingerprint density at radius 3 is 2.83 bits per heavy atom. The molecule has 0 bridgehead atoms. The molecule has 5 nitrogen and oxygen atoms in total. The molecule has 0 fully saturated rings. The summed E-state index contributed by atoms with van der Waals surface area (Å²) in [7, 11) is 0. The van der Waals surface area contributed by atoms with Crippen LogP contribution in [0.3, 0.4) is 0 Å². The summed E-state index contributed by atoms with van der Waals surface area (Å²) in [4.78, 5) is 12.0. The van der Waals surface area contributed by atoms with Crippen molar-refractivity contribution in [1.82, 2.24) is 0 Å². The number of carbonyl (C=O) groups excluding carboxylic acids is 1. The normalized spacial score (nSPS) is 14.7. The van der Waals surface area contributed by atoms with E-state index in [4.69, 9.17) is 9.47 Å². The highest BCUT2D eigenvalue weighted by atomic mass is 16.5. The fraction of sp³-hybridized carbons (Fsp3) is 0.278. The number of hydrogen-bond acceptors (Lipinski definition) is 4. The third-order valence-corrected chi connectivity index (χ3v) is 3.59. The molecule has 0 radical (unpaired) electrons. The van der Waals surface area contributed by atoms with Gasteiger partial charge in [-0.2, -0.15) is 0 Å². The van der Waals surface area contributed by atoms with Crippen molar-refractivity contribution < 1.29 is 19.4 Å². The number of aromatic hydroxyl groups is 1. The van der Waals surface area contributed by atoms with Gasteiger partial charge in [0.2, 0.25) is 0 Å². The fourth-order valence-corrected chi connectivity index (χ4v) is 2.61. The first-order valence-corrected chi connectivity index (χ1v) is 7.46. The maximum absolute atomic E-state index is 12.0. The number of phenolic OH excluding ortho intramolecular Hbond substituents is 1. The van der Waals surface area contributed by atoms with E-state index in [1.54, 1.807) is 24.3 Å². The van der Waals surface area contributed by atoms with E-state index in [-0.39, 0.29) is 23.9 Å². The van der Waals surface area contributed by atoms with Gasteiger partial charge in [0.1, 0.15) is 11.4 Å². The van der Waals surface area contributed by atoms with Gasteiger partial charge in [0, 0.05) is 12.0 Å². The standard InChI is InChI=1S/C18H19NO4/c1-18(2)10-12-6-5-9-15(17(12)23-18)22-11-16(21)19-13-7-3-4-8-14(13)20/h3-9,20H,10-11H2,1-2H3,(H,19,21). The van der Waals surface area contributed by atoms with Gasteiger partial charge in [-0.15, -0.1) is 0 Å². The van der Waals surface area contributed by atoms with E-state index >= 15 is 0 Å². The molecular formula is C18H19NO4. The zero-order chi connectivity index (χ0) is 16.4. The van der Waals surface area contributed by atoms with Gasteiger partial charge in [-0.1, -0.05) is 24.3 Å². The second kappa shape index (κ2) is 5.83. The number of anilines is 1. The Balaban J connectivity index is 1.65. The lowest BCUT2D eigenvalue weighted by Gasteiger charge is -2.18. The Labute approximate surface area is 134 Å². The van der Waals surface area contributed by atoms with Crippen LogP contribution in [0, 0.1) is 0 Å². The van der Waals surface area contributed by atoms with Crippen molar-refractivity contribution in [2.24, 2.45) is 0 Å². The molecule has 2 aromatic carbocycles. The average molecular weight is 313 g/mol. The van der Waals surface area contributed by atoms with Gasteiger partial charge in [0.15, 0.2) is 18.1 Å². The van der Waals surface area contributed by atoms with Crippen LogP contribution in [-0.4, -0.2) is 23.2 Å². The smallest absolute Gasteiger partial charge is 0.262 e. The number of hydrogen-bond donors (Lipinski definition) is 2. The summed E-state index contributed by atoms with van der Waals surface area (Å²) >= 11 is 0. The number of para-hydroxylation sites is 3. The first kappa shape index (κ1) is 15.2. The van der Waals surface area contributed by atoms with Crippen molar-refractivity contribution in [2.45, 2.75) is 25.9 Å². The van der Waals surface area contributed by atoms with Gasteiger partial charge < -0.3 is 19.9 Å². The molecule has 5 heteroatoms. The van der Waals surface area contributed by atoms with E-state index in [0.717, 1.165) is 12.0 Å². The lowest BCUT2D eigenvalue weighted by molar-refractivity contribution is -0.118. The molecule has 120 valence electrons. The molecule has 1 aliphatic heterocycles. The molecule has 3 rings (SSSR count). The van der Waals surface area contributed by atoms with E-state index in [1.807, 2.05) is 26.0 Å². The number of phenols is 1. The van der Waals surface area contributed by atoms with Crippen LogP contribution < -0.4 is 14.8 Å². The van der Waals surface area contributed by atoms with Crippen LogP contribution in [0.5, 0.6) is 17.2 Å². The van der Waals surface area contributed by atoms with Crippen LogP contribution in [0.25, 0.3) is 0 Å². The summed E-state index contributed by atoms with van der Waals surface area (Å²) in [5, 5.41) is 12.3. The Kier molecular flexibility index (Phi) is 3.86. The van der Waals surface area contributed by atoms with Gasteiger partial charge in [0.05, 0.1) is 5.69 Å². The minimum absolute atomic E-state index is 0.0199. The van der Waals surface area contributed by atoms with Crippen molar-refractivity contribution in [1.29, 1.82) is 0 Å². The van der Waals surface area contributed by atoms with Gasteiger partial charge in [0.25, 0.3) is 5.91 Å². The molecule has 1 heterocycles. The first-order valence-electron chi connectivity index (χ1n) is 7.46. The molecule has 0 aliphatic carbocycles. The third-order valence-electron chi connectivity index (χ3n) is 3.59. The quantitative estimate of drug-likeness (QED) is 0.851. The van der Waals surface area contributed by atoms with E-state index in [9.17, 15) is 9.90 Å². The number of nitrogens with one attached hydrogen (secondary N) is 1. The Morgan fingerprint density at radius 2 is 2.04 bits per heavy atom. The number of carbonyl (C=O) groups is 1. The predicted molar refractivity (Wildman–Crippen MR) is 87.1 cm³/mol. The molecule has 2 N–H and O–H groups in total. The largest absolute Gasteiger partial charge is 0.506 e. The zero-order valence-electron chi connectivity index (χ0n) is 13.1. The van der Waals surface area contributed by atoms with Gasteiger partial charge in [-0.3, -0.25) is 4.79 Å². The zero-order valence-corrected chi connectivity index (χ0v) is 13.1. The van der Waals surface area contributed by atoms with Crippen LogP contribution in [0.15, 0.2) is 42.5 Å². The first-order chi connectivity index (χ1) is 10.9. The Hall–Kier alpha value is -2.69. The van der Waals surface area contributed by atoms with Gasteiger partial charge in [-0.05, 0) is 32.0 Å².